The van der Waals surface area contributed by atoms with Crippen LogP contribution in [0.25, 0.3) is 5.65 Å². The van der Waals surface area contributed by atoms with E-state index in [1.165, 1.54) is 19.3 Å². The van der Waals surface area contributed by atoms with Gasteiger partial charge in [0.25, 0.3) is 0 Å². The lowest BCUT2D eigenvalue weighted by molar-refractivity contribution is 0.391. The average molecular weight is 309 g/mol. The summed E-state index contributed by atoms with van der Waals surface area (Å²) in [4.78, 5) is 11.3. The number of hydrogen-bond donors (Lipinski definition) is 0. The number of aromatic nitrogens is 3. The van der Waals surface area contributed by atoms with Crippen LogP contribution >= 0.6 is 15.9 Å². The molecule has 0 aliphatic carbocycles. The van der Waals surface area contributed by atoms with Gasteiger partial charge in [-0.3, -0.25) is 4.40 Å². The van der Waals surface area contributed by atoms with Crippen LogP contribution in [0.15, 0.2) is 23.1 Å². The van der Waals surface area contributed by atoms with Crippen LogP contribution < -0.4 is 4.90 Å². The third-order valence-corrected chi connectivity index (χ3v) is 4.40. The molecule has 18 heavy (non-hydrogen) atoms. The zero-order chi connectivity index (χ0) is 12.5. The predicted molar refractivity (Wildman–Crippen MR) is 75.9 cm³/mol. The Bertz CT molecular complexity index is 543. The smallest absolute Gasteiger partial charge is 0.211 e. The summed E-state index contributed by atoms with van der Waals surface area (Å²) >= 11 is 3.49. The lowest BCUT2D eigenvalue weighted by Crippen LogP contribution is -2.35. The molecule has 5 heteroatoms. The first-order valence-corrected chi connectivity index (χ1v) is 7.31. The molecule has 0 spiro atoms. The Labute approximate surface area is 115 Å². The molecule has 0 bridgehead atoms. The fraction of sp³-hybridized carbons (Fsp3) is 0.538. The van der Waals surface area contributed by atoms with Crippen molar-refractivity contribution in [3.05, 3.63) is 23.1 Å². The van der Waals surface area contributed by atoms with Crippen LogP contribution in [0.5, 0.6) is 0 Å². The maximum Gasteiger partial charge on any atom is 0.211 e. The van der Waals surface area contributed by atoms with Crippen molar-refractivity contribution in [3.8, 4) is 0 Å². The SMILES string of the molecule is CCC1CCN(c2ncc(Br)c3nccn23)CC1. The van der Waals surface area contributed by atoms with E-state index < -0.39 is 0 Å². The molecule has 0 aromatic carbocycles. The zero-order valence-corrected chi connectivity index (χ0v) is 12.1. The van der Waals surface area contributed by atoms with Crippen LogP contribution in [-0.4, -0.2) is 27.5 Å². The Morgan fingerprint density at radius 2 is 2.11 bits per heavy atom. The van der Waals surface area contributed by atoms with Crippen molar-refractivity contribution >= 4 is 27.5 Å². The third-order valence-electron chi connectivity index (χ3n) is 3.84. The molecule has 0 amide bonds. The van der Waals surface area contributed by atoms with Crippen molar-refractivity contribution in [1.29, 1.82) is 0 Å². The van der Waals surface area contributed by atoms with E-state index >= 15 is 0 Å². The number of rotatable bonds is 2. The van der Waals surface area contributed by atoms with Gasteiger partial charge in [-0.15, -0.1) is 0 Å². The minimum absolute atomic E-state index is 0.884. The Morgan fingerprint density at radius 3 is 2.83 bits per heavy atom. The monoisotopic (exact) mass is 308 g/mol. The van der Waals surface area contributed by atoms with Gasteiger partial charge in [-0.25, -0.2) is 9.97 Å². The number of imidazole rings is 1. The molecule has 96 valence electrons. The molecule has 3 heterocycles. The van der Waals surface area contributed by atoms with E-state index in [-0.39, 0.29) is 0 Å². The predicted octanol–water partition coefficient (Wildman–Crippen LogP) is 3.12. The van der Waals surface area contributed by atoms with Crippen molar-refractivity contribution in [1.82, 2.24) is 14.4 Å². The van der Waals surface area contributed by atoms with Crippen molar-refractivity contribution in [2.24, 2.45) is 5.92 Å². The molecule has 1 aliphatic heterocycles. The van der Waals surface area contributed by atoms with Gasteiger partial charge in [-0.2, -0.15) is 0 Å². The minimum Gasteiger partial charge on any atom is -0.342 e. The highest BCUT2D eigenvalue weighted by Gasteiger charge is 2.21. The van der Waals surface area contributed by atoms with Gasteiger partial charge in [0.15, 0.2) is 5.65 Å². The number of halogens is 1. The summed E-state index contributed by atoms with van der Waals surface area (Å²) in [7, 11) is 0. The van der Waals surface area contributed by atoms with Gasteiger partial charge in [0, 0.05) is 31.7 Å². The molecular weight excluding hydrogens is 292 g/mol. The van der Waals surface area contributed by atoms with Crippen LogP contribution in [-0.2, 0) is 0 Å². The topological polar surface area (TPSA) is 33.4 Å². The van der Waals surface area contributed by atoms with Gasteiger partial charge in [-0.1, -0.05) is 13.3 Å². The molecule has 0 atom stereocenters. The van der Waals surface area contributed by atoms with Gasteiger partial charge >= 0.3 is 0 Å². The number of fused-ring (bicyclic) bond motifs is 1. The van der Waals surface area contributed by atoms with E-state index in [2.05, 4.69) is 42.1 Å². The Morgan fingerprint density at radius 1 is 1.33 bits per heavy atom. The molecule has 2 aromatic heterocycles. The summed E-state index contributed by atoms with van der Waals surface area (Å²) in [6.45, 7) is 4.48. The average Bonchev–Trinajstić information content (AvgIpc) is 2.90. The van der Waals surface area contributed by atoms with Crippen molar-refractivity contribution < 1.29 is 0 Å². The third kappa shape index (κ3) is 2.00. The molecule has 0 saturated carbocycles. The maximum atomic E-state index is 4.56. The second-order valence-corrected chi connectivity index (χ2v) is 5.72. The molecule has 2 aromatic rings. The number of nitrogens with zero attached hydrogens (tertiary/aromatic N) is 4. The molecule has 1 saturated heterocycles. The Balaban J connectivity index is 1.91. The number of anilines is 1. The number of hydrogen-bond acceptors (Lipinski definition) is 3. The molecule has 0 radical (unpaired) electrons. The van der Waals surface area contributed by atoms with Crippen LogP contribution in [0, 0.1) is 5.92 Å². The van der Waals surface area contributed by atoms with Gasteiger partial charge < -0.3 is 4.90 Å². The summed E-state index contributed by atoms with van der Waals surface area (Å²) in [5, 5.41) is 0. The standard InChI is InChI=1S/C13H17BrN4/c1-2-10-3-6-17(7-4-10)13-16-9-11(14)12-15-5-8-18(12)13/h5,8-10H,2-4,6-7H2,1H3. The summed E-state index contributed by atoms with van der Waals surface area (Å²) < 4.78 is 3.01. The highest BCUT2D eigenvalue weighted by Crippen LogP contribution is 2.26. The molecule has 1 aliphatic rings. The van der Waals surface area contributed by atoms with E-state index in [4.69, 9.17) is 0 Å². The lowest BCUT2D eigenvalue weighted by Gasteiger charge is -2.32. The largest absolute Gasteiger partial charge is 0.342 e. The number of piperidine rings is 1. The van der Waals surface area contributed by atoms with Crippen molar-refractivity contribution in [3.63, 3.8) is 0 Å². The first-order valence-electron chi connectivity index (χ1n) is 6.52. The van der Waals surface area contributed by atoms with E-state index in [9.17, 15) is 0 Å². The van der Waals surface area contributed by atoms with Crippen molar-refractivity contribution in [2.75, 3.05) is 18.0 Å². The van der Waals surface area contributed by atoms with Crippen molar-refractivity contribution in [2.45, 2.75) is 26.2 Å². The van der Waals surface area contributed by atoms with Crippen LogP contribution in [0.1, 0.15) is 26.2 Å². The van der Waals surface area contributed by atoms with E-state index in [0.29, 0.717) is 0 Å². The van der Waals surface area contributed by atoms with Gasteiger partial charge in [0.1, 0.15) is 0 Å². The molecular formula is C13H17BrN4. The minimum atomic E-state index is 0.884. The molecule has 3 rings (SSSR count). The summed E-state index contributed by atoms with van der Waals surface area (Å²) in [5.74, 6) is 1.90. The summed E-state index contributed by atoms with van der Waals surface area (Å²) in [6.07, 6.45) is 9.49. The zero-order valence-electron chi connectivity index (χ0n) is 10.5. The van der Waals surface area contributed by atoms with Crippen LogP contribution in [0.3, 0.4) is 0 Å². The van der Waals surface area contributed by atoms with Crippen LogP contribution in [0.4, 0.5) is 5.95 Å². The van der Waals surface area contributed by atoms with E-state index in [1.54, 1.807) is 0 Å². The maximum absolute atomic E-state index is 4.56. The first kappa shape index (κ1) is 12.0. The normalized spacial score (nSPS) is 17.6. The molecule has 1 fully saturated rings. The van der Waals surface area contributed by atoms with Gasteiger partial charge in [0.2, 0.25) is 5.95 Å². The Kier molecular flexibility index (Phi) is 3.24. The second kappa shape index (κ2) is 4.88. The molecule has 0 unspecified atom stereocenters. The van der Waals surface area contributed by atoms with E-state index in [0.717, 1.165) is 35.1 Å². The highest BCUT2D eigenvalue weighted by molar-refractivity contribution is 9.10. The second-order valence-electron chi connectivity index (χ2n) is 4.87. The highest BCUT2D eigenvalue weighted by atomic mass is 79.9. The van der Waals surface area contributed by atoms with E-state index in [1.807, 2.05) is 18.6 Å². The van der Waals surface area contributed by atoms with Crippen LogP contribution in [0.2, 0.25) is 0 Å². The van der Waals surface area contributed by atoms with Gasteiger partial charge in [0.05, 0.1) is 4.47 Å². The fourth-order valence-electron chi connectivity index (χ4n) is 2.65. The fourth-order valence-corrected chi connectivity index (χ4v) is 3.05. The quantitative estimate of drug-likeness (QED) is 0.854. The van der Waals surface area contributed by atoms with Gasteiger partial charge in [-0.05, 0) is 34.7 Å². The summed E-state index contributed by atoms with van der Waals surface area (Å²) in [5.41, 5.74) is 0.942. The summed E-state index contributed by atoms with van der Waals surface area (Å²) in [6, 6.07) is 0. The molecule has 0 N–H and O–H groups in total. The lowest BCUT2D eigenvalue weighted by atomic mass is 9.95. The molecule has 4 nitrogen and oxygen atoms in total. The first-order chi connectivity index (χ1) is 8.79. The Hall–Kier alpha value is -1.10.